The van der Waals surface area contributed by atoms with Crippen molar-refractivity contribution in [2.45, 2.75) is 0 Å². The zero-order valence-electron chi connectivity index (χ0n) is 5.70. The average Bonchev–Trinajstić information content (AvgIpc) is 2.03. The molecule has 1 rings (SSSR count). The molecule has 0 spiro atoms. The largest absolute Gasteiger partial charge is 0.596 e. The molecule has 1 aromatic rings. The molecule has 0 bridgehead atoms. The maximum Gasteiger partial charge on any atom is 0.0500 e. The van der Waals surface area contributed by atoms with E-state index in [1.165, 1.54) is 0 Å². The second kappa shape index (κ2) is 6.31. The van der Waals surface area contributed by atoms with Crippen LogP contribution in [0.5, 0.6) is 0 Å². The minimum absolute atomic E-state index is 0. The van der Waals surface area contributed by atoms with Crippen LogP contribution in [0, 0.1) is 0 Å². The third kappa shape index (κ3) is 4.11. The fraction of sp³-hybridized carbons (Fsp3) is 0. The predicted octanol–water partition coefficient (Wildman–Crippen LogP) is 1.07. The zero-order valence-corrected chi connectivity index (χ0v) is 7.98. The summed E-state index contributed by atoms with van der Waals surface area (Å²) < 4.78 is 0. The van der Waals surface area contributed by atoms with Crippen LogP contribution in [0.25, 0.3) is 5.84 Å². The van der Waals surface area contributed by atoms with E-state index in [2.05, 4.69) is 11.0 Å². The first-order valence-electron chi connectivity index (χ1n) is 2.91. The van der Waals surface area contributed by atoms with Gasteiger partial charge < -0.3 is 16.8 Å². The van der Waals surface area contributed by atoms with Crippen molar-refractivity contribution in [1.29, 1.82) is 0 Å². The molecule has 64 valence electrons. The Morgan fingerprint density at radius 2 is 1.73 bits per heavy atom. The molecule has 0 saturated carbocycles. The van der Waals surface area contributed by atoms with Gasteiger partial charge in [0.15, 0.2) is 0 Å². The third-order valence-corrected chi connectivity index (χ3v) is 1.04. The molecular formula is C6H9N4Pt-. The Morgan fingerprint density at radius 1 is 1.09 bits per heavy atom. The summed E-state index contributed by atoms with van der Waals surface area (Å²) in [7, 11) is 0. The molecule has 4 N–H and O–H groups in total. The summed E-state index contributed by atoms with van der Waals surface area (Å²) in [6.07, 6.45) is 0. The van der Waals surface area contributed by atoms with Gasteiger partial charge in [-0.15, -0.1) is 0 Å². The summed E-state index contributed by atoms with van der Waals surface area (Å²) in [4.78, 5) is 0. The van der Waals surface area contributed by atoms with E-state index < -0.39 is 0 Å². The van der Waals surface area contributed by atoms with Crippen molar-refractivity contribution in [1.82, 2.24) is 11.1 Å². The molecule has 0 aliphatic heterocycles. The standard InChI is InChI=1S/C6H9N4.Pt/c7-9-10-8-6-4-2-1-3-5-6;/h1-5,7-10H;/q-1;. The van der Waals surface area contributed by atoms with E-state index in [1.54, 1.807) is 0 Å². The van der Waals surface area contributed by atoms with Crippen LogP contribution in [0.4, 0.5) is 5.69 Å². The van der Waals surface area contributed by atoms with Crippen molar-refractivity contribution < 1.29 is 21.1 Å². The van der Waals surface area contributed by atoms with E-state index in [-0.39, 0.29) is 21.1 Å². The molecule has 0 saturated heterocycles. The molecule has 0 aliphatic carbocycles. The molecule has 0 aromatic heterocycles. The van der Waals surface area contributed by atoms with Crippen LogP contribution in [-0.2, 0) is 21.1 Å². The number of benzene rings is 1. The van der Waals surface area contributed by atoms with Crippen molar-refractivity contribution in [3.63, 3.8) is 0 Å². The number of nitrogens with one attached hydrogen (secondary N) is 4. The molecular weight excluding hydrogens is 323 g/mol. The van der Waals surface area contributed by atoms with E-state index >= 15 is 0 Å². The molecule has 11 heavy (non-hydrogen) atoms. The van der Waals surface area contributed by atoms with Gasteiger partial charge >= 0.3 is 0 Å². The van der Waals surface area contributed by atoms with Crippen LogP contribution in [0.2, 0.25) is 0 Å². The van der Waals surface area contributed by atoms with Gasteiger partial charge in [0, 0.05) is 21.1 Å². The smallest absolute Gasteiger partial charge is 0.0500 e. The van der Waals surface area contributed by atoms with Crippen molar-refractivity contribution in [2.75, 3.05) is 5.43 Å². The number of hydrazine groups is 2. The minimum Gasteiger partial charge on any atom is -0.596 e. The summed E-state index contributed by atoms with van der Waals surface area (Å²) in [5.74, 6) is 6.53. The number of hydrogen-bond donors (Lipinski definition) is 3. The molecule has 1 aromatic carbocycles. The van der Waals surface area contributed by atoms with E-state index in [9.17, 15) is 0 Å². The predicted molar refractivity (Wildman–Crippen MR) is 40.7 cm³/mol. The quantitative estimate of drug-likeness (QED) is 0.726. The van der Waals surface area contributed by atoms with Crippen LogP contribution in [0.3, 0.4) is 0 Å². The van der Waals surface area contributed by atoms with Crippen molar-refractivity contribution in [2.24, 2.45) is 0 Å². The molecule has 0 atom stereocenters. The Hall–Kier alpha value is -0.412. The Bertz CT molecular complexity index is 179. The molecule has 0 heterocycles. The Kier molecular flexibility index (Phi) is 6.07. The number of rotatable bonds is 3. The average molecular weight is 332 g/mol. The summed E-state index contributed by atoms with van der Waals surface area (Å²) in [6.45, 7) is 0. The minimum atomic E-state index is 0. The fourth-order valence-electron chi connectivity index (χ4n) is 0.625. The van der Waals surface area contributed by atoms with Gasteiger partial charge in [-0.3, -0.25) is 0 Å². The van der Waals surface area contributed by atoms with Crippen molar-refractivity contribution >= 4 is 5.69 Å². The van der Waals surface area contributed by atoms with Gasteiger partial charge in [-0.1, -0.05) is 18.2 Å². The molecule has 0 fully saturated rings. The van der Waals surface area contributed by atoms with E-state index in [4.69, 9.17) is 5.84 Å². The second-order valence-corrected chi connectivity index (χ2v) is 1.74. The summed E-state index contributed by atoms with van der Waals surface area (Å²) in [5, 5.41) is 0. The maximum absolute atomic E-state index is 6.53. The first-order chi connectivity index (χ1) is 4.93. The number of para-hydroxylation sites is 1. The normalized spacial score (nSPS) is 8.45. The molecule has 4 nitrogen and oxygen atoms in total. The first kappa shape index (κ1) is 10.6. The van der Waals surface area contributed by atoms with E-state index in [1.807, 2.05) is 35.9 Å². The topological polar surface area (TPSA) is 59.9 Å². The molecule has 0 amide bonds. The van der Waals surface area contributed by atoms with Crippen LogP contribution < -0.4 is 16.5 Å². The monoisotopic (exact) mass is 332 g/mol. The number of hydrogen-bond acceptors (Lipinski definition) is 3. The Labute approximate surface area is 79.7 Å². The fourth-order valence-corrected chi connectivity index (χ4v) is 0.625. The molecule has 0 aliphatic rings. The summed E-state index contributed by atoms with van der Waals surface area (Å²) in [6, 6.07) is 9.54. The number of anilines is 1. The van der Waals surface area contributed by atoms with Crippen LogP contribution in [0.15, 0.2) is 30.3 Å². The molecule has 0 radical (unpaired) electrons. The third-order valence-electron chi connectivity index (χ3n) is 1.04. The summed E-state index contributed by atoms with van der Waals surface area (Å²) >= 11 is 0. The zero-order chi connectivity index (χ0) is 7.23. The van der Waals surface area contributed by atoms with Gasteiger partial charge in [-0.05, 0) is 12.1 Å². The second-order valence-electron chi connectivity index (χ2n) is 1.74. The first-order valence-corrected chi connectivity index (χ1v) is 2.91. The van der Waals surface area contributed by atoms with Crippen LogP contribution in [0.1, 0.15) is 0 Å². The van der Waals surface area contributed by atoms with Gasteiger partial charge in [0.1, 0.15) is 0 Å². The van der Waals surface area contributed by atoms with E-state index in [0.29, 0.717) is 0 Å². The van der Waals surface area contributed by atoms with Gasteiger partial charge in [-0.25, -0.2) is 0 Å². The SMILES string of the molecule is [NH-]NNNc1ccccc1.[Pt]. The molecule has 5 heteroatoms. The van der Waals surface area contributed by atoms with Crippen LogP contribution in [-0.4, -0.2) is 0 Å². The van der Waals surface area contributed by atoms with Gasteiger partial charge in [0.25, 0.3) is 0 Å². The summed E-state index contributed by atoms with van der Waals surface area (Å²) in [5.41, 5.74) is 8.10. The Morgan fingerprint density at radius 3 is 2.27 bits per heavy atom. The van der Waals surface area contributed by atoms with Crippen LogP contribution >= 0.6 is 0 Å². The maximum atomic E-state index is 6.53. The Balaban J connectivity index is 0.000001000. The van der Waals surface area contributed by atoms with Gasteiger partial charge in [0.2, 0.25) is 0 Å². The van der Waals surface area contributed by atoms with E-state index in [0.717, 1.165) is 5.69 Å². The molecule has 0 unspecified atom stereocenters. The van der Waals surface area contributed by atoms with Crippen molar-refractivity contribution in [3.05, 3.63) is 36.2 Å². The van der Waals surface area contributed by atoms with Gasteiger partial charge in [-0.2, -0.15) is 5.53 Å². The van der Waals surface area contributed by atoms with Crippen molar-refractivity contribution in [3.8, 4) is 0 Å². The van der Waals surface area contributed by atoms with Gasteiger partial charge in [0.05, 0.1) is 5.69 Å².